The number of hydrogen-bond acceptors (Lipinski definition) is 7. The number of piperazine rings is 1. The lowest BCUT2D eigenvalue weighted by Gasteiger charge is -2.35. The Morgan fingerprint density at radius 1 is 0.959 bits per heavy atom. The topological polar surface area (TPSA) is 69.2 Å². The maximum absolute atomic E-state index is 13.2. The molecule has 0 N–H and O–H groups in total. The van der Waals surface area contributed by atoms with Gasteiger partial charge in [0, 0.05) is 56.2 Å². The van der Waals surface area contributed by atoms with E-state index in [1.54, 1.807) is 28.3 Å². The van der Waals surface area contributed by atoms with E-state index in [1.165, 1.54) is 67.9 Å². The number of rotatable bonds is 19. The highest BCUT2D eigenvalue weighted by atomic mass is 35.5. The molecule has 2 aliphatic rings. The molecule has 1 saturated heterocycles. The van der Waals surface area contributed by atoms with Gasteiger partial charge in [-0.15, -0.1) is 0 Å². The molecule has 1 aromatic heterocycles. The third kappa shape index (κ3) is 10.1. The number of unbranched alkanes of at least 4 members (excludes halogenated alkanes) is 10. The highest BCUT2D eigenvalue weighted by Gasteiger charge is 2.34. The maximum atomic E-state index is 13.2. The van der Waals surface area contributed by atoms with Crippen molar-refractivity contribution in [2.24, 2.45) is 0 Å². The molecule has 0 aliphatic carbocycles. The molecule has 3 heterocycles. The zero-order chi connectivity index (χ0) is 34.6. The molecule has 2 aromatic carbocycles. The standard InChI is InChI=1S/C39H56ClN5O3S/c1-4-6-7-8-9-10-11-12-13-14-17-21-43(5-2)39(47)48-30(3)45-35-29-34(40)31(27-32(35)28-37(45)46)20-22-42-23-25-44(26-24-42)38-33-18-15-16-19-36(33)49-41-38/h15-16,18-19,27,29-30H,4-14,17,20-26,28H2,1-3H3. The van der Waals surface area contributed by atoms with Gasteiger partial charge in [0.2, 0.25) is 5.91 Å². The molecule has 3 aromatic rings. The Morgan fingerprint density at radius 3 is 2.33 bits per heavy atom. The summed E-state index contributed by atoms with van der Waals surface area (Å²) in [5.41, 5.74) is 2.74. The molecule has 5 rings (SSSR count). The van der Waals surface area contributed by atoms with Gasteiger partial charge in [-0.2, -0.15) is 4.37 Å². The molecule has 49 heavy (non-hydrogen) atoms. The molecule has 8 nitrogen and oxygen atoms in total. The number of amides is 2. The predicted molar refractivity (Wildman–Crippen MR) is 204 cm³/mol. The molecule has 1 unspecified atom stereocenters. The van der Waals surface area contributed by atoms with Crippen LogP contribution in [0, 0.1) is 0 Å². The molecule has 0 saturated carbocycles. The van der Waals surface area contributed by atoms with Crippen molar-refractivity contribution in [2.45, 2.75) is 110 Å². The van der Waals surface area contributed by atoms with Crippen molar-refractivity contribution >= 4 is 56.7 Å². The van der Waals surface area contributed by atoms with Gasteiger partial charge in [0.05, 0.1) is 16.8 Å². The average Bonchev–Trinajstić information content (AvgIpc) is 3.68. The van der Waals surface area contributed by atoms with Gasteiger partial charge in [-0.05, 0) is 67.5 Å². The average molecular weight is 710 g/mol. The van der Waals surface area contributed by atoms with Crippen LogP contribution < -0.4 is 9.80 Å². The fourth-order valence-corrected chi connectivity index (χ4v) is 8.23. The van der Waals surface area contributed by atoms with Gasteiger partial charge < -0.3 is 14.5 Å². The zero-order valence-electron chi connectivity index (χ0n) is 29.9. The van der Waals surface area contributed by atoms with E-state index in [4.69, 9.17) is 20.7 Å². The summed E-state index contributed by atoms with van der Waals surface area (Å²) < 4.78 is 11.8. The first kappa shape index (κ1) is 37.4. The summed E-state index contributed by atoms with van der Waals surface area (Å²) in [6.07, 6.45) is 14.0. The van der Waals surface area contributed by atoms with Crippen molar-refractivity contribution in [3.8, 4) is 0 Å². The zero-order valence-corrected chi connectivity index (χ0v) is 31.5. The lowest BCUT2D eigenvalue weighted by atomic mass is 10.1. The summed E-state index contributed by atoms with van der Waals surface area (Å²) in [5.74, 6) is 1.03. The Morgan fingerprint density at radius 2 is 1.63 bits per heavy atom. The number of carbonyl (C=O) groups is 2. The molecule has 0 radical (unpaired) electrons. The summed E-state index contributed by atoms with van der Waals surface area (Å²) in [7, 11) is 0. The number of carbonyl (C=O) groups excluding carboxylic acids is 2. The van der Waals surface area contributed by atoms with E-state index in [1.807, 2.05) is 13.0 Å². The molecule has 268 valence electrons. The Balaban J connectivity index is 1.05. The smallest absolute Gasteiger partial charge is 0.411 e. The molecule has 1 atom stereocenters. The number of hydrogen-bond donors (Lipinski definition) is 0. The van der Waals surface area contributed by atoms with Crippen molar-refractivity contribution in [3.63, 3.8) is 0 Å². The van der Waals surface area contributed by atoms with Crippen LogP contribution in [-0.2, 0) is 22.4 Å². The van der Waals surface area contributed by atoms with E-state index in [9.17, 15) is 9.59 Å². The Kier molecular flexibility index (Phi) is 14.4. The summed E-state index contributed by atoms with van der Waals surface area (Å²) in [4.78, 5) is 34.5. The SMILES string of the molecule is CCCCCCCCCCCCCN(CC)C(=O)OC(C)N1C(=O)Cc2cc(CCN3CCN(c4nsc5ccccc45)CC3)c(Cl)cc21. The number of halogens is 1. The maximum Gasteiger partial charge on any atom is 0.411 e. The van der Waals surface area contributed by atoms with Crippen LogP contribution in [0.4, 0.5) is 16.3 Å². The van der Waals surface area contributed by atoms with Gasteiger partial charge >= 0.3 is 6.09 Å². The minimum Gasteiger partial charge on any atom is -0.425 e. The van der Waals surface area contributed by atoms with Gasteiger partial charge in [-0.1, -0.05) is 101 Å². The second-order valence-corrected chi connectivity index (χ2v) is 14.9. The minimum atomic E-state index is -0.708. The Labute approximate surface area is 302 Å². The summed E-state index contributed by atoms with van der Waals surface area (Å²) in [6.45, 7) is 12.0. The van der Waals surface area contributed by atoms with Crippen molar-refractivity contribution in [1.29, 1.82) is 0 Å². The lowest BCUT2D eigenvalue weighted by Crippen LogP contribution is -2.47. The van der Waals surface area contributed by atoms with Crippen LogP contribution in [0.2, 0.25) is 5.02 Å². The fraction of sp³-hybridized carbons (Fsp3) is 0.615. The molecule has 2 amide bonds. The van der Waals surface area contributed by atoms with E-state index in [0.29, 0.717) is 18.1 Å². The number of fused-ring (bicyclic) bond motifs is 2. The first-order valence-corrected chi connectivity index (χ1v) is 19.9. The van der Waals surface area contributed by atoms with E-state index in [-0.39, 0.29) is 18.4 Å². The molecular weight excluding hydrogens is 654 g/mol. The monoisotopic (exact) mass is 709 g/mol. The number of anilines is 2. The number of ether oxygens (including phenoxy) is 1. The van der Waals surface area contributed by atoms with Crippen LogP contribution in [0.15, 0.2) is 36.4 Å². The van der Waals surface area contributed by atoms with Crippen molar-refractivity contribution in [3.05, 3.63) is 52.5 Å². The first-order valence-electron chi connectivity index (χ1n) is 18.8. The second kappa shape index (κ2) is 18.9. The van der Waals surface area contributed by atoms with Crippen LogP contribution in [0.25, 0.3) is 10.1 Å². The molecule has 0 bridgehead atoms. The quantitative estimate of drug-likeness (QED) is 0.116. The second-order valence-electron chi connectivity index (χ2n) is 13.7. The van der Waals surface area contributed by atoms with Gasteiger partial charge in [0.1, 0.15) is 5.82 Å². The lowest BCUT2D eigenvalue weighted by molar-refractivity contribution is -0.119. The summed E-state index contributed by atoms with van der Waals surface area (Å²) >= 11 is 8.38. The molecule has 0 spiro atoms. The number of benzene rings is 2. The van der Waals surface area contributed by atoms with Crippen molar-refractivity contribution in [1.82, 2.24) is 14.2 Å². The van der Waals surface area contributed by atoms with Crippen LogP contribution in [0.1, 0.15) is 103 Å². The number of nitrogens with zero attached hydrogens (tertiary/aromatic N) is 5. The van der Waals surface area contributed by atoms with Crippen LogP contribution in [0.3, 0.4) is 0 Å². The normalized spacial score (nSPS) is 15.6. The predicted octanol–water partition coefficient (Wildman–Crippen LogP) is 9.32. The van der Waals surface area contributed by atoms with E-state index in [0.717, 1.165) is 74.6 Å². The summed E-state index contributed by atoms with van der Waals surface area (Å²) in [5, 5.41) is 1.89. The highest BCUT2D eigenvalue weighted by Crippen LogP contribution is 2.36. The molecule has 10 heteroatoms. The van der Waals surface area contributed by atoms with Crippen LogP contribution in [0.5, 0.6) is 0 Å². The van der Waals surface area contributed by atoms with E-state index >= 15 is 0 Å². The van der Waals surface area contributed by atoms with E-state index < -0.39 is 6.23 Å². The fourth-order valence-electron chi connectivity index (χ4n) is 7.18. The van der Waals surface area contributed by atoms with Crippen LogP contribution in [-0.4, -0.2) is 78.2 Å². The minimum absolute atomic E-state index is 0.0670. The largest absolute Gasteiger partial charge is 0.425 e. The van der Waals surface area contributed by atoms with Gasteiger partial charge in [0.15, 0.2) is 6.23 Å². The molecular formula is C39H56ClN5O3S. The van der Waals surface area contributed by atoms with Crippen molar-refractivity contribution in [2.75, 3.05) is 55.6 Å². The van der Waals surface area contributed by atoms with Crippen LogP contribution >= 0.6 is 23.1 Å². The Bertz CT molecular complexity index is 1510. The third-order valence-corrected chi connectivity index (χ3v) is 11.3. The van der Waals surface area contributed by atoms with Gasteiger partial charge in [-0.3, -0.25) is 14.6 Å². The Hall–Kier alpha value is -2.88. The van der Waals surface area contributed by atoms with Gasteiger partial charge in [0.25, 0.3) is 0 Å². The third-order valence-electron chi connectivity index (χ3n) is 10.2. The van der Waals surface area contributed by atoms with E-state index in [2.05, 4.69) is 47.1 Å². The summed E-state index contributed by atoms with van der Waals surface area (Å²) in [6, 6.07) is 12.4. The highest BCUT2D eigenvalue weighted by molar-refractivity contribution is 7.13. The molecule has 2 aliphatic heterocycles. The van der Waals surface area contributed by atoms with Crippen molar-refractivity contribution < 1.29 is 14.3 Å². The first-order chi connectivity index (χ1) is 23.9. The number of aromatic nitrogens is 1. The molecule has 1 fully saturated rings. The van der Waals surface area contributed by atoms with Gasteiger partial charge in [-0.25, -0.2) is 4.79 Å².